The van der Waals surface area contributed by atoms with E-state index in [1.165, 1.54) is 11.1 Å². The van der Waals surface area contributed by atoms with E-state index < -0.39 is 0 Å². The number of aromatic amines is 1. The fraction of sp³-hybridized carbons (Fsp3) is 0.208. The molecule has 0 unspecified atom stereocenters. The fourth-order valence-electron chi connectivity index (χ4n) is 3.65. The second kappa shape index (κ2) is 9.84. The maximum Gasteiger partial charge on any atom is 0.268 e. The molecule has 32 heavy (non-hydrogen) atoms. The number of benzene rings is 1. The van der Waals surface area contributed by atoms with E-state index in [0.717, 1.165) is 46.6 Å². The largest absolute Gasteiger partial charge is 0.397 e. The minimum atomic E-state index is -0.169. The highest BCUT2D eigenvalue weighted by atomic mass is 32.1. The van der Waals surface area contributed by atoms with Crippen LogP contribution in [0.15, 0.2) is 59.9 Å². The molecule has 7 nitrogen and oxygen atoms in total. The van der Waals surface area contributed by atoms with Crippen molar-refractivity contribution in [1.82, 2.24) is 25.6 Å². The second-order valence-corrected chi connectivity index (χ2v) is 8.14. The zero-order valence-corrected chi connectivity index (χ0v) is 18.7. The Balaban J connectivity index is 0.000000203. The number of aromatic nitrogens is 3. The molecule has 164 valence electrons. The Morgan fingerprint density at radius 1 is 1.22 bits per heavy atom. The molecular formula is C24H26N6OS. The summed E-state index contributed by atoms with van der Waals surface area (Å²) in [7, 11) is 0. The smallest absolute Gasteiger partial charge is 0.268 e. The summed E-state index contributed by atoms with van der Waals surface area (Å²) < 4.78 is 0. The van der Waals surface area contributed by atoms with Crippen molar-refractivity contribution < 1.29 is 4.79 Å². The number of anilines is 1. The molecule has 4 heterocycles. The van der Waals surface area contributed by atoms with Crippen LogP contribution in [0.25, 0.3) is 10.9 Å². The predicted molar refractivity (Wildman–Crippen MR) is 130 cm³/mol. The molecule has 8 heteroatoms. The number of carbonyl (C=O) groups excluding carboxylic acids is 1. The quantitative estimate of drug-likeness (QED) is 0.245. The van der Waals surface area contributed by atoms with Crippen LogP contribution in [0.1, 0.15) is 32.9 Å². The Morgan fingerprint density at radius 2 is 2.09 bits per heavy atom. The van der Waals surface area contributed by atoms with Crippen LogP contribution in [0.5, 0.6) is 0 Å². The summed E-state index contributed by atoms with van der Waals surface area (Å²) >= 11 is 4.28. The van der Waals surface area contributed by atoms with E-state index in [0.29, 0.717) is 17.9 Å². The number of H-pyrrole nitrogens is 1. The average Bonchev–Trinajstić information content (AvgIpc) is 3.17. The number of pyridine rings is 2. The Bertz CT molecular complexity index is 1210. The molecule has 1 aliphatic heterocycles. The highest BCUT2D eigenvalue weighted by molar-refractivity contribution is 7.80. The second-order valence-electron chi connectivity index (χ2n) is 7.66. The highest BCUT2D eigenvalue weighted by Crippen LogP contribution is 2.22. The van der Waals surface area contributed by atoms with Gasteiger partial charge in [-0.2, -0.15) is 0 Å². The molecule has 0 spiro atoms. The first-order valence-corrected chi connectivity index (χ1v) is 10.9. The van der Waals surface area contributed by atoms with Crippen LogP contribution in [-0.4, -0.2) is 27.4 Å². The Morgan fingerprint density at radius 3 is 2.88 bits per heavy atom. The highest BCUT2D eigenvalue weighted by Gasteiger charge is 2.11. The molecule has 5 N–H and O–H groups in total. The van der Waals surface area contributed by atoms with Crippen LogP contribution in [0.4, 0.5) is 5.69 Å². The van der Waals surface area contributed by atoms with Gasteiger partial charge in [0, 0.05) is 47.7 Å². The van der Waals surface area contributed by atoms with Crippen LogP contribution >= 0.6 is 12.6 Å². The number of hydrogen-bond acceptors (Lipinski definition) is 6. The van der Waals surface area contributed by atoms with Gasteiger partial charge in [-0.05, 0) is 60.8 Å². The average molecular weight is 447 g/mol. The van der Waals surface area contributed by atoms with Gasteiger partial charge in [0.05, 0.1) is 11.2 Å². The number of rotatable bonds is 3. The van der Waals surface area contributed by atoms with Gasteiger partial charge < -0.3 is 21.4 Å². The van der Waals surface area contributed by atoms with Crippen LogP contribution in [0.3, 0.4) is 0 Å². The maximum atomic E-state index is 12.2. The lowest BCUT2D eigenvalue weighted by atomic mass is 10.0. The third kappa shape index (κ3) is 4.92. The minimum absolute atomic E-state index is 0.169. The van der Waals surface area contributed by atoms with E-state index in [2.05, 4.69) is 44.3 Å². The molecule has 3 aromatic heterocycles. The molecule has 0 aliphatic carbocycles. The molecule has 1 amide bonds. The van der Waals surface area contributed by atoms with E-state index in [4.69, 9.17) is 5.73 Å². The van der Waals surface area contributed by atoms with Gasteiger partial charge in [0.15, 0.2) is 0 Å². The van der Waals surface area contributed by atoms with Crippen molar-refractivity contribution in [3.05, 3.63) is 83.1 Å². The molecule has 0 atom stereocenters. The molecule has 1 aromatic carbocycles. The van der Waals surface area contributed by atoms with Crippen LogP contribution in [0, 0.1) is 6.92 Å². The predicted octanol–water partition coefficient (Wildman–Crippen LogP) is 3.40. The van der Waals surface area contributed by atoms with Crippen molar-refractivity contribution in [2.24, 2.45) is 0 Å². The van der Waals surface area contributed by atoms with Crippen molar-refractivity contribution >= 4 is 35.1 Å². The van der Waals surface area contributed by atoms with Gasteiger partial charge in [0.1, 0.15) is 5.69 Å². The van der Waals surface area contributed by atoms with Gasteiger partial charge in [0.2, 0.25) is 0 Å². The van der Waals surface area contributed by atoms with E-state index in [9.17, 15) is 4.79 Å². The first-order chi connectivity index (χ1) is 15.5. The normalized spacial score (nSPS) is 12.6. The van der Waals surface area contributed by atoms with Gasteiger partial charge in [-0.25, -0.2) is 0 Å². The summed E-state index contributed by atoms with van der Waals surface area (Å²) in [5, 5.41) is 7.15. The SMILES string of the molecule is Cc1[nH]c(C(=O)NCc2ccc(N)c3ncccc23)cc1S.c1cc2c(cn1)CCNC2. The Labute approximate surface area is 192 Å². The van der Waals surface area contributed by atoms with Crippen molar-refractivity contribution in [2.75, 3.05) is 12.3 Å². The van der Waals surface area contributed by atoms with Crippen molar-refractivity contribution in [2.45, 2.75) is 31.3 Å². The van der Waals surface area contributed by atoms with E-state index in [-0.39, 0.29) is 5.91 Å². The van der Waals surface area contributed by atoms with Crippen molar-refractivity contribution in [3.8, 4) is 0 Å². The molecule has 0 radical (unpaired) electrons. The van der Waals surface area contributed by atoms with Gasteiger partial charge in [-0.15, -0.1) is 12.6 Å². The monoisotopic (exact) mass is 446 g/mol. The molecule has 0 fully saturated rings. The standard InChI is InChI=1S/C16H16N4OS.C8H10N2/c1-9-14(22)7-13(20-9)16(21)19-8-10-4-5-12(17)15-11(10)3-2-6-18-15;1-3-9-6-8-2-4-10-5-7(1)8/h2-7,20,22H,8,17H2,1H3,(H,19,21);1,3,6,10H,2,4-5H2. The first kappa shape index (κ1) is 21.9. The van der Waals surface area contributed by atoms with Crippen molar-refractivity contribution in [3.63, 3.8) is 0 Å². The molecule has 1 aliphatic rings. The molecule has 0 saturated heterocycles. The number of aryl methyl sites for hydroxylation is 1. The van der Waals surface area contributed by atoms with E-state index in [1.807, 2.05) is 37.5 Å². The topological polar surface area (TPSA) is 109 Å². The summed E-state index contributed by atoms with van der Waals surface area (Å²) in [6.07, 6.45) is 6.65. The zero-order chi connectivity index (χ0) is 22.5. The van der Waals surface area contributed by atoms with Gasteiger partial charge in [0.25, 0.3) is 5.91 Å². The third-order valence-corrected chi connectivity index (χ3v) is 5.92. The number of amides is 1. The fourth-order valence-corrected chi connectivity index (χ4v) is 3.83. The molecule has 4 aromatic rings. The summed E-state index contributed by atoms with van der Waals surface area (Å²) in [6.45, 7) is 4.39. The van der Waals surface area contributed by atoms with Crippen LogP contribution in [-0.2, 0) is 19.5 Å². The van der Waals surface area contributed by atoms with Gasteiger partial charge in [-0.3, -0.25) is 14.8 Å². The molecule has 0 bridgehead atoms. The summed E-state index contributed by atoms with van der Waals surface area (Å²) in [5.74, 6) is -0.169. The Hall–Kier alpha value is -3.36. The van der Waals surface area contributed by atoms with Gasteiger partial charge in [-0.1, -0.05) is 12.1 Å². The number of nitrogens with two attached hydrogens (primary N) is 1. The lowest BCUT2D eigenvalue weighted by Gasteiger charge is -2.15. The van der Waals surface area contributed by atoms with E-state index >= 15 is 0 Å². The maximum absolute atomic E-state index is 12.2. The van der Waals surface area contributed by atoms with Crippen LogP contribution < -0.4 is 16.4 Å². The number of fused-ring (bicyclic) bond motifs is 2. The number of carbonyl (C=O) groups is 1. The van der Waals surface area contributed by atoms with Crippen LogP contribution in [0.2, 0.25) is 0 Å². The zero-order valence-electron chi connectivity index (χ0n) is 17.9. The first-order valence-electron chi connectivity index (χ1n) is 10.4. The molecular weight excluding hydrogens is 420 g/mol. The summed E-state index contributed by atoms with van der Waals surface area (Å²) in [6, 6.07) is 11.3. The van der Waals surface area contributed by atoms with E-state index in [1.54, 1.807) is 18.3 Å². The lowest BCUT2D eigenvalue weighted by molar-refractivity contribution is 0.0946. The molecule has 0 saturated carbocycles. The van der Waals surface area contributed by atoms with Gasteiger partial charge >= 0.3 is 0 Å². The summed E-state index contributed by atoms with van der Waals surface area (Å²) in [4.78, 5) is 24.3. The number of thiol groups is 1. The lowest BCUT2D eigenvalue weighted by Crippen LogP contribution is -2.23. The number of hydrogen-bond donors (Lipinski definition) is 5. The number of nitrogen functional groups attached to an aromatic ring is 1. The Kier molecular flexibility index (Phi) is 6.72. The third-order valence-electron chi connectivity index (χ3n) is 5.45. The molecule has 5 rings (SSSR count). The van der Waals surface area contributed by atoms with Crippen molar-refractivity contribution in [1.29, 1.82) is 0 Å². The summed E-state index contributed by atoms with van der Waals surface area (Å²) in [5.41, 5.74) is 12.5. The number of nitrogens with zero attached hydrogens (tertiary/aromatic N) is 2. The number of nitrogens with one attached hydrogen (secondary N) is 3. The minimum Gasteiger partial charge on any atom is -0.397 e.